The zero-order valence-corrected chi connectivity index (χ0v) is 14.0. The number of benzene rings is 1. The molecule has 1 heterocycles. The fourth-order valence-corrected chi connectivity index (χ4v) is 2.15. The highest BCUT2D eigenvalue weighted by molar-refractivity contribution is 6.53. The molecule has 0 saturated carbocycles. The third-order valence-electron chi connectivity index (χ3n) is 3.32. The predicted octanol–water partition coefficient (Wildman–Crippen LogP) is 1.02. The summed E-state index contributed by atoms with van der Waals surface area (Å²) in [6, 6.07) is 5.39. The molecule has 2 aromatic rings. The number of nitrogens with one attached hydrogen (secondary N) is 1. The van der Waals surface area contributed by atoms with Crippen LogP contribution in [-0.4, -0.2) is 43.6 Å². The van der Waals surface area contributed by atoms with Gasteiger partial charge in [-0.25, -0.2) is 9.07 Å². The molecule has 7 nitrogen and oxygen atoms in total. The summed E-state index contributed by atoms with van der Waals surface area (Å²) >= 11 is 10.8. The van der Waals surface area contributed by atoms with Crippen molar-refractivity contribution < 1.29 is 14.3 Å². The summed E-state index contributed by atoms with van der Waals surface area (Å²) in [7, 11) is 0. The zero-order valence-electron chi connectivity index (χ0n) is 12.4. The fraction of sp³-hybridized carbons (Fsp3) is 0.357. The smallest absolute Gasteiger partial charge is 0.253 e. The minimum Gasteiger partial charge on any atom is -0.386 e. The van der Waals surface area contributed by atoms with Crippen molar-refractivity contribution in [3.8, 4) is 5.69 Å². The third-order valence-corrected chi connectivity index (χ3v) is 3.72. The minimum absolute atomic E-state index is 0.275. The first-order valence-electron chi connectivity index (χ1n) is 7.00. The number of halogens is 3. The number of alkyl halides is 3. The maximum absolute atomic E-state index is 13.1. The van der Waals surface area contributed by atoms with Gasteiger partial charge in [0.25, 0.3) is 5.91 Å². The number of aliphatic hydroxyl groups is 1. The first-order valence-corrected chi connectivity index (χ1v) is 7.87. The van der Waals surface area contributed by atoms with Crippen LogP contribution in [0.2, 0.25) is 0 Å². The molecule has 2 rings (SSSR count). The number of carbonyl (C=O) groups excluding carboxylic acids is 1. The lowest BCUT2D eigenvalue weighted by molar-refractivity contribution is -0.121. The van der Waals surface area contributed by atoms with Gasteiger partial charge in [0.05, 0.1) is 23.6 Å². The second-order valence-corrected chi connectivity index (χ2v) is 6.06. The summed E-state index contributed by atoms with van der Waals surface area (Å²) in [6.07, 6.45) is 0.423. The second-order valence-electron chi connectivity index (χ2n) is 4.97. The molecule has 1 aromatic carbocycles. The number of amides is 1. The van der Waals surface area contributed by atoms with E-state index in [1.807, 2.05) is 0 Å². The highest BCUT2D eigenvalue weighted by Gasteiger charge is 2.25. The Kier molecular flexibility index (Phi) is 6.50. The molecule has 0 aliphatic rings. The first-order chi connectivity index (χ1) is 11.5. The van der Waals surface area contributed by atoms with Crippen LogP contribution < -0.4 is 11.1 Å². The lowest BCUT2D eigenvalue weighted by atomic mass is 10.0. The average Bonchev–Trinajstić information content (AvgIpc) is 3.08. The fourth-order valence-electron chi connectivity index (χ4n) is 2.02. The monoisotopic (exact) mass is 375 g/mol. The molecule has 2 atom stereocenters. The van der Waals surface area contributed by atoms with Gasteiger partial charge in [-0.2, -0.15) is 0 Å². The summed E-state index contributed by atoms with van der Waals surface area (Å²) in [5.41, 5.74) is 7.23. The van der Waals surface area contributed by atoms with Crippen molar-refractivity contribution in [1.29, 1.82) is 0 Å². The topological polar surface area (TPSA) is 106 Å². The molecule has 130 valence electrons. The molecule has 0 aliphatic carbocycles. The average molecular weight is 376 g/mol. The Hall–Kier alpha value is -1.74. The molecular weight excluding hydrogens is 360 g/mol. The van der Waals surface area contributed by atoms with Gasteiger partial charge in [0.15, 0.2) is 4.84 Å². The van der Waals surface area contributed by atoms with Crippen LogP contribution in [0.25, 0.3) is 5.69 Å². The molecule has 0 aliphatic heterocycles. The van der Waals surface area contributed by atoms with E-state index in [1.54, 1.807) is 30.5 Å². The molecule has 2 unspecified atom stereocenters. The lowest BCUT2D eigenvalue weighted by Gasteiger charge is -2.22. The highest BCUT2D eigenvalue weighted by atomic mass is 35.5. The van der Waals surface area contributed by atoms with E-state index in [0.29, 0.717) is 16.9 Å². The Labute approximate surface area is 147 Å². The van der Waals surface area contributed by atoms with Crippen LogP contribution >= 0.6 is 23.2 Å². The van der Waals surface area contributed by atoms with E-state index in [-0.39, 0.29) is 6.54 Å². The van der Waals surface area contributed by atoms with Crippen molar-refractivity contribution in [3.05, 3.63) is 41.7 Å². The van der Waals surface area contributed by atoms with E-state index in [2.05, 4.69) is 15.6 Å². The predicted molar refractivity (Wildman–Crippen MR) is 87.6 cm³/mol. The Balaban J connectivity index is 2.12. The van der Waals surface area contributed by atoms with E-state index < -0.39 is 29.6 Å². The Morgan fingerprint density at radius 1 is 1.38 bits per heavy atom. The standard InChI is InChI=1S/C14H16Cl2FN5O2/c15-13(16)14(24)19-11(5-17)12(23)8-1-3-10(4-2-8)22-7-9(6-18)20-21-22/h1-4,7,11-13,23H,5-6,18H2,(H,19,24). The summed E-state index contributed by atoms with van der Waals surface area (Å²) in [5, 5.41) is 20.3. The number of rotatable bonds is 7. The SMILES string of the molecule is NCc1cn(-c2ccc(C(O)C(CF)NC(=O)C(Cl)Cl)cc2)nn1. The normalized spacial score (nSPS) is 13.8. The van der Waals surface area contributed by atoms with Gasteiger partial charge in [0.1, 0.15) is 12.8 Å². The Morgan fingerprint density at radius 3 is 2.54 bits per heavy atom. The molecule has 0 bridgehead atoms. The number of aliphatic hydroxyl groups excluding tert-OH is 1. The van der Waals surface area contributed by atoms with Crippen molar-refractivity contribution in [2.45, 2.75) is 23.5 Å². The van der Waals surface area contributed by atoms with Gasteiger partial charge in [-0.15, -0.1) is 5.10 Å². The molecule has 24 heavy (non-hydrogen) atoms. The van der Waals surface area contributed by atoms with Crippen molar-refractivity contribution in [2.75, 3.05) is 6.67 Å². The molecule has 0 spiro atoms. The van der Waals surface area contributed by atoms with E-state index >= 15 is 0 Å². The van der Waals surface area contributed by atoms with E-state index in [1.165, 1.54) is 4.68 Å². The van der Waals surface area contributed by atoms with Crippen molar-refractivity contribution in [3.63, 3.8) is 0 Å². The summed E-state index contributed by atoms with van der Waals surface area (Å²) in [4.78, 5) is 10.1. The summed E-state index contributed by atoms with van der Waals surface area (Å²) in [6.45, 7) is -0.699. The van der Waals surface area contributed by atoms with Crippen molar-refractivity contribution >= 4 is 29.1 Å². The van der Waals surface area contributed by atoms with E-state index in [9.17, 15) is 14.3 Å². The molecule has 0 fully saturated rings. The quantitative estimate of drug-likeness (QED) is 0.626. The van der Waals surface area contributed by atoms with Crippen molar-refractivity contribution in [2.24, 2.45) is 5.73 Å². The number of aromatic nitrogens is 3. The Bertz CT molecular complexity index is 680. The lowest BCUT2D eigenvalue weighted by Crippen LogP contribution is -2.43. The van der Waals surface area contributed by atoms with E-state index in [4.69, 9.17) is 28.9 Å². The molecule has 10 heteroatoms. The highest BCUT2D eigenvalue weighted by Crippen LogP contribution is 2.20. The number of hydrogen-bond donors (Lipinski definition) is 3. The van der Waals surface area contributed by atoms with Crippen LogP contribution in [0.1, 0.15) is 17.4 Å². The number of nitrogens with zero attached hydrogens (tertiary/aromatic N) is 3. The number of carbonyl (C=O) groups is 1. The molecule has 0 saturated heterocycles. The summed E-state index contributed by atoms with van der Waals surface area (Å²) in [5.74, 6) is -0.770. The molecule has 4 N–H and O–H groups in total. The van der Waals surface area contributed by atoms with Crippen LogP contribution in [0, 0.1) is 0 Å². The van der Waals surface area contributed by atoms with Crippen LogP contribution in [0.5, 0.6) is 0 Å². The van der Waals surface area contributed by atoms with Gasteiger partial charge in [0.2, 0.25) is 0 Å². The van der Waals surface area contributed by atoms with Crippen molar-refractivity contribution in [1.82, 2.24) is 20.3 Å². The van der Waals surface area contributed by atoms with Gasteiger partial charge in [-0.3, -0.25) is 4.79 Å². The van der Waals surface area contributed by atoms with Gasteiger partial charge in [0, 0.05) is 6.54 Å². The molecule has 1 aromatic heterocycles. The second kappa shape index (κ2) is 8.39. The van der Waals surface area contributed by atoms with Gasteiger partial charge in [-0.05, 0) is 17.7 Å². The molecule has 0 radical (unpaired) electrons. The van der Waals surface area contributed by atoms with Crippen LogP contribution in [0.3, 0.4) is 0 Å². The molecule has 1 amide bonds. The maximum atomic E-state index is 13.1. The first kappa shape index (κ1) is 18.6. The minimum atomic E-state index is -1.34. The largest absolute Gasteiger partial charge is 0.386 e. The molecular formula is C14H16Cl2FN5O2. The zero-order chi connectivity index (χ0) is 17.7. The maximum Gasteiger partial charge on any atom is 0.253 e. The van der Waals surface area contributed by atoms with Crippen LogP contribution in [0.15, 0.2) is 30.5 Å². The van der Waals surface area contributed by atoms with Gasteiger partial charge >= 0.3 is 0 Å². The van der Waals surface area contributed by atoms with Crippen LogP contribution in [0.4, 0.5) is 4.39 Å². The van der Waals surface area contributed by atoms with Gasteiger partial charge in [-0.1, -0.05) is 40.5 Å². The number of nitrogens with two attached hydrogens (primary N) is 1. The third kappa shape index (κ3) is 4.41. The summed E-state index contributed by atoms with van der Waals surface area (Å²) < 4.78 is 14.6. The van der Waals surface area contributed by atoms with Crippen LogP contribution in [-0.2, 0) is 11.3 Å². The number of hydrogen-bond acceptors (Lipinski definition) is 5. The van der Waals surface area contributed by atoms with E-state index in [0.717, 1.165) is 0 Å². The van der Waals surface area contributed by atoms with Gasteiger partial charge < -0.3 is 16.2 Å². The Morgan fingerprint density at radius 2 is 2.04 bits per heavy atom.